The summed E-state index contributed by atoms with van der Waals surface area (Å²) in [5.41, 5.74) is 0.659. The molecule has 1 unspecified atom stereocenters. The summed E-state index contributed by atoms with van der Waals surface area (Å²) in [6.07, 6.45) is 2.39. The van der Waals surface area contributed by atoms with E-state index in [1.165, 1.54) is 11.0 Å². The van der Waals surface area contributed by atoms with Crippen molar-refractivity contribution in [3.8, 4) is 0 Å². The van der Waals surface area contributed by atoms with E-state index in [1.54, 1.807) is 19.2 Å². The second-order valence-electron chi connectivity index (χ2n) is 6.63. The minimum absolute atomic E-state index is 0.0524. The van der Waals surface area contributed by atoms with E-state index >= 15 is 0 Å². The summed E-state index contributed by atoms with van der Waals surface area (Å²) in [6.45, 7) is 1.54. The summed E-state index contributed by atoms with van der Waals surface area (Å²) in [4.78, 5) is 27.0. The van der Waals surface area contributed by atoms with Crippen LogP contribution in [0.4, 0.5) is 11.4 Å². The van der Waals surface area contributed by atoms with Gasteiger partial charge in [0.25, 0.3) is 11.6 Å². The van der Waals surface area contributed by atoms with Crippen molar-refractivity contribution in [2.45, 2.75) is 25.3 Å². The fourth-order valence-electron chi connectivity index (χ4n) is 3.48. The molecule has 8 nitrogen and oxygen atoms in total. The number of nitrogens with zero attached hydrogens (tertiary/aromatic N) is 3. The number of rotatable bonds is 4. The zero-order valence-corrected chi connectivity index (χ0v) is 14.9. The van der Waals surface area contributed by atoms with Crippen molar-refractivity contribution in [2.24, 2.45) is 0 Å². The van der Waals surface area contributed by atoms with Gasteiger partial charge in [-0.05, 0) is 31.4 Å². The fraction of sp³-hybridized carbons (Fsp3) is 0.562. The molecule has 0 aromatic heterocycles. The lowest BCUT2D eigenvalue weighted by Crippen LogP contribution is -2.37. The van der Waals surface area contributed by atoms with Gasteiger partial charge in [0.2, 0.25) is 0 Å². The molecule has 0 radical (unpaired) electrons. The quantitative estimate of drug-likeness (QED) is 0.590. The third-order valence-corrected chi connectivity index (χ3v) is 6.69. The third-order valence-electron chi connectivity index (χ3n) is 4.94. The van der Waals surface area contributed by atoms with E-state index in [1.807, 2.05) is 4.90 Å². The molecule has 2 fully saturated rings. The number of benzene rings is 1. The van der Waals surface area contributed by atoms with E-state index in [2.05, 4.69) is 0 Å². The van der Waals surface area contributed by atoms with Gasteiger partial charge in [0, 0.05) is 37.8 Å². The number of carbonyl (C=O) groups is 1. The molecule has 1 aromatic rings. The summed E-state index contributed by atoms with van der Waals surface area (Å²) in [5, 5.41) is 11.4. The highest BCUT2D eigenvalue weighted by atomic mass is 32.2. The summed E-state index contributed by atoms with van der Waals surface area (Å²) in [5.74, 6) is -0.370. The van der Waals surface area contributed by atoms with Gasteiger partial charge >= 0.3 is 0 Å². The molecule has 0 bridgehead atoms. The zero-order chi connectivity index (χ0) is 18.2. The zero-order valence-electron chi connectivity index (χ0n) is 14.1. The molecule has 1 atom stereocenters. The molecular weight excluding hydrogens is 346 g/mol. The number of sulfone groups is 1. The van der Waals surface area contributed by atoms with Crippen LogP contribution in [0.3, 0.4) is 0 Å². The number of hydrogen-bond acceptors (Lipinski definition) is 6. The van der Waals surface area contributed by atoms with Crippen LogP contribution in [0, 0.1) is 10.1 Å². The Balaban J connectivity index is 1.85. The lowest BCUT2D eigenvalue weighted by Gasteiger charge is -2.24. The third kappa shape index (κ3) is 3.60. The highest BCUT2D eigenvalue weighted by Crippen LogP contribution is 2.32. The van der Waals surface area contributed by atoms with E-state index in [-0.39, 0.29) is 28.8 Å². The number of carbonyl (C=O) groups excluding carboxylic acids is 1. The largest absolute Gasteiger partial charge is 0.366 e. The first-order chi connectivity index (χ1) is 11.8. The minimum Gasteiger partial charge on any atom is -0.366 e. The standard InChI is InChI=1S/C16H21N3O5S/c1-17(13-6-9-25(23,24)11-13)16(20)12-4-5-14(15(10-12)19(21)22)18-7-2-3-8-18/h4-5,10,13H,2-3,6-9,11H2,1H3. The van der Waals surface area contributed by atoms with Crippen molar-refractivity contribution < 1.29 is 18.1 Å². The average molecular weight is 367 g/mol. The van der Waals surface area contributed by atoms with Crippen molar-refractivity contribution in [3.63, 3.8) is 0 Å². The van der Waals surface area contributed by atoms with Gasteiger partial charge in [-0.3, -0.25) is 14.9 Å². The predicted octanol–water partition coefficient (Wildman–Crippen LogP) is 1.45. The van der Waals surface area contributed by atoms with Crippen LogP contribution in [0.1, 0.15) is 29.6 Å². The maximum absolute atomic E-state index is 12.6. The Morgan fingerprint density at radius 1 is 1.32 bits per heavy atom. The van der Waals surface area contributed by atoms with Gasteiger partial charge in [-0.25, -0.2) is 8.42 Å². The molecule has 0 spiro atoms. The second-order valence-corrected chi connectivity index (χ2v) is 8.86. The van der Waals surface area contributed by atoms with Crippen molar-refractivity contribution >= 4 is 27.1 Å². The maximum atomic E-state index is 12.6. The first kappa shape index (κ1) is 17.7. The highest BCUT2D eigenvalue weighted by Gasteiger charge is 2.33. The van der Waals surface area contributed by atoms with E-state index in [4.69, 9.17) is 0 Å². The molecule has 2 saturated heterocycles. The SMILES string of the molecule is CN(C(=O)c1ccc(N2CCCC2)c([N+](=O)[O-])c1)C1CCS(=O)(=O)C1. The van der Waals surface area contributed by atoms with Crippen LogP contribution in [0.2, 0.25) is 0 Å². The van der Waals surface area contributed by atoms with Crippen molar-refractivity contribution in [2.75, 3.05) is 36.5 Å². The predicted molar refractivity (Wildman–Crippen MR) is 93.7 cm³/mol. The minimum atomic E-state index is -3.10. The summed E-state index contributed by atoms with van der Waals surface area (Å²) >= 11 is 0. The Morgan fingerprint density at radius 2 is 2.00 bits per heavy atom. The van der Waals surface area contributed by atoms with Gasteiger partial charge in [-0.2, -0.15) is 0 Å². The Labute approximate surface area is 146 Å². The number of nitro benzene ring substituents is 1. The lowest BCUT2D eigenvalue weighted by molar-refractivity contribution is -0.384. The molecule has 136 valence electrons. The van der Waals surface area contributed by atoms with Gasteiger partial charge in [0.1, 0.15) is 5.69 Å². The van der Waals surface area contributed by atoms with Gasteiger partial charge in [0.15, 0.2) is 9.84 Å². The number of nitro groups is 1. The summed E-state index contributed by atoms with van der Waals surface area (Å²) in [6, 6.07) is 4.13. The molecule has 0 N–H and O–H groups in total. The number of amides is 1. The second kappa shape index (κ2) is 6.62. The molecule has 2 aliphatic rings. The Morgan fingerprint density at radius 3 is 2.56 bits per heavy atom. The van der Waals surface area contributed by atoms with Gasteiger partial charge < -0.3 is 9.80 Å². The van der Waals surface area contributed by atoms with E-state index in [0.29, 0.717) is 12.1 Å². The highest BCUT2D eigenvalue weighted by molar-refractivity contribution is 7.91. The van der Waals surface area contributed by atoms with Crippen LogP contribution in [-0.2, 0) is 9.84 Å². The Bertz CT molecular complexity index is 802. The molecule has 0 aliphatic carbocycles. The molecule has 1 aromatic carbocycles. The normalized spacial score (nSPS) is 22.1. The lowest BCUT2D eigenvalue weighted by atomic mass is 10.1. The number of hydrogen-bond donors (Lipinski definition) is 0. The van der Waals surface area contributed by atoms with E-state index in [9.17, 15) is 23.3 Å². The van der Waals surface area contributed by atoms with Crippen LogP contribution >= 0.6 is 0 Å². The molecule has 0 saturated carbocycles. The molecule has 9 heteroatoms. The van der Waals surface area contributed by atoms with Gasteiger partial charge in [0.05, 0.1) is 16.4 Å². The molecule has 25 heavy (non-hydrogen) atoms. The van der Waals surface area contributed by atoms with Gasteiger partial charge in [-0.1, -0.05) is 0 Å². The topological polar surface area (TPSA) is 101 Å². The molecule has 1 amide bonds. The van der Waals surface area contributed by atoms with Crippen LogP contribution in [0.5, 0.6) is 0 Å². The Hall–Kier alpha value is -2.16. The van der Waals surface area contributed by atoms with Crippen LogP contribution in [0.25, 0.3) is 0 Å². The summed E-state index contributed by atoms with van der Waals surface area (Å²) in [7, 11) is -1.55. The molecular formula is C16H21N3O5S. The van der Waals surface area contributed by atoms with Crippen molar-refractivity contribution in [1.82, 2.24) is 4.90 Å². The first-order valence-electron chi connectivity index (χ1n) is 8.29. The van der Waals surface area contributed by atoms with Crippen molar-refractivity contribution in [3.05, 3.63) is 33.9 Å². The number of anilines is 1. The van der Waals surface area contributed by atoms with Crippen LogP contribution < -0.4 is 4.90 Å². The smallest absolute Gasteiger partial charge is 0.293 e. The monoisotopic (exact) mass is 367 g/mol. The van der Waals surface area contributed by atoms with Crippen LogP contribution in [-0.4, -0.2) is 61.8 Å². The van der Waals surface area contributed by atoms with E-state index in [0.717, 1.165) is 25.9 Å². The fourth-order valence-corrected chi connectivity index (χ4v) is 5.25. The Kier molecular flexibility index (Phi) is 4.68. The maximum Gasteiger partial charge on any atom is 0.293 e. The van der Waals surface area contributed by atoms with Crippen molar-refractivity contribution in [1.29, 1.82) is 0 Å². The van der Waals surface area contributed by atoms with Gasteiger partial charge in [-0.15, -0.1) is 0 Å². The van der Waals surface area contributed by atoms with Crippen LogP contribution in [0.15, 0.2) is 18.2 Å². The first-order valence-corrected chi connectivity index (χ1v) is 10.1. The van der Waals surface area contributed by atoms with E-state index < -0.39 is 20.7 Å². The molecule has 2 aliphatic heterocycles. The molecule has 2 heterocycles. The summed E-state index contributed by atoms with van der Waals surface area (Å²) < 4.78 is 23.2. The molecule has 3 rings (SSSR count). The average Bonchev–Trinajstić information content (AvgIpc) is 3.22.